The molecule has 0 unspecified atom stereocenters. The molecule has 0 atom stereocenters. The predicted octanol–water partition coefficient (Wildman–Crippen LogP) is 1.18. The summed E-state index contributed by atoms with van der Waals surface area (Å²) in [6.07, 6.45) is 5.07. The Morgan fingerprint density at radius 2 is 2.28 bits per heavy atom. The minimum Gasteiger partial charge on any atom is -0.328 e. The van der Waals surface area contributed by atoms with Crippen molar-refractivity contribution in [2.45, 2.75) is 18.4 Å². The number of aromatic nitrogens is 3. The first-order chi connectivity index (χ1) is 8.71. The van der Waals surface area contributed by atoms with Gasteiger partial charge in [-0.1, -0.05) is 6.58 Å². The number of imidazole rings is 1. The number of carbonyl (C=O) groups is 1. The molecule has 3 aliphatic rings. The molecule has 2 saturated heterocycles. The number of carbonyl (C=O) groups excluding carboxylic acids is 1. The molecular formula is C13H12N4O. The lowest BCUT2D eigenvalue weighted by Crippen LogP contribution is -2.62. The molecule has 5 heteroatoms. The average Bonchev–Trinajstić information content (AvgIpc) is 2.71. The first-order valence-electron chi connectivity index (χ1n) is 5.99. The summed E-state index contributed by atoms with van der Waals surface area (Å²) in [4.78, 5) is 20.7. The van der Waals surface area contributed by atoms with E-state index in [0.717, 1.165) is 24.1 Å². The van der Waals surface area contributed by atoms with Gasteiger partial charge in [-0.15, -0.1) is 0 Å². The van der Waals surface area contributed by atoms with Gasteiger partial charge in [-0.05, 0) is 25.0 Å². The summed E-state index contributed by atoms with van der Waals surface area (Å²) in [6.45, 7) is 3.89. The van der Waals surface area contributed by atoms with Crippen LogP contribution in [-0.2, 0) is 10.3 Å². The highest BCUT2D eigenvalue weighted by atomic mass is 16.2. The van der Waals surface area contributed by atoms with Crippen LogP contribution in [0.3, 0.4) is 0 Å². The highest BCUT2D eigenvalue weighted by Crippen LogP contribution is 2.51. The van der Waals surface area contributed by atoms with Crippen molar-refractivity contribution in [3.63, 3.8) is 0 Å². The quantitative estimate of drug-likeness (QED) is 0.814. The topological polar surface area (TPSA) is 59.8 Å². The summed E-state index contributed by atoms with van der Waals surface area (Å²) in [5.41, 5.74) is 1.97. The number of allylic oxidation sites excluding steroid dienone is 1. The van der Waals surface area contributed by atoms with E-state index in [1.54, 1.807) is 12.5 Å². The highest BCUT2D eigenvalue weighted by molar-refractivity contribution is 5.91. The second kappa shape index (κ2) is 2.98. The lowest BCUT2D eigenvalue weighted by Gasteiger charge is -2.52. The second-order valence-electron chi connectivity index (χ2n) is 5.08. The Balaban J connectivity index is 1.89. The van der Waals surface area contributed by atoms with E-state index in [9.17, 15) is 4.79 Å². The third-order valence-electron chi connectivity index (χ3n) is 4.14. The zero-order valence-electron chi connectivity index (χ0n) is 9.76. The normalized spacial score (nSPS) is 30.1. The summed E-state index contributed by atoms with van der Waals surface area (Å²) >= 11 is 0. The monoisotopic (exact) mass is 240 g/mol. The molecule has 2 aromatic heterocycles. The van der Waals surface area contributed by atoms with Gasteiger partial charge < -0.3 is 9.88 Å². The van der Waals surface area contributed by atoms with Gasteiger partial charge in [-0.2, -0.15) is 0 Å². The summed E-state index contributed by atoms with van der Waals surface area (Å²) < 4.78 is 1.97. The molecule has 18 heavy (non-hydrogen) atoms. The van der Waals surface area contributed by atoms with E-state index < -0.39 is 5.54 Å². The molecule has 1 aliphatic carbocycles. The van der Waals surface area contributed by atoms with Gasteiger partial charge in [0.2, 0.25) is 5.91 Å². The molecule has 2 bridgehead atoms. The van der Waals surface area contributed by atoms with E-state index in [1.807, 2.05) is 16.7 Å². The number of pyridine rings is 1. The molecule has 1 amide bonds. The lowest BCUT2D eigenvalue weighted by atomic mass is 9.63. The lowest BCUT2D eigenvalue weighted by molar-refractivity contribution is -0.140. The molecule has 2 aromatic rings. The van der Waals surface area contributed by atoms with Crippen molar-refractivity contribution < 1.29 is 4.79 Å². The predicted molar refractivity (Wildman–Crippen MR) is 65.5 cm³/mol. The minimum atomic E-state index is -0.482. The Bertz CT molecular complexity index is 681. The number of fused-ring (bicyclic) bond motifs is 3. The number of nitrogens with zero attached hydrogens (tertiary/aromatic N) is 3. The largest absolute Gasteiger partial charge is 0.328 e. The summed E-state index contributed by atoms with van der Waals surface area (Å²) in [7, 11) is 0. The van der Waals surface area contributed by atoms with Crippen molar-refractivity contribution in [2.24, 2.45) is 5.92 Å². The third-order valence-corrected chi connectivity index (χ3v) is 4.14. The number of hydrogen-bond acceptors (Lipinski definition) is 3. The first kappa shape index (κ1) is 9.82. The van der Waals surface area contributed by atoms with Crippen LogP contribution in [0.1, 0.15) is 12.8 Å². The maximum absolute atomic E-state index is 12.3. The van der Waals surface area contributed by atoms with Crippen LogP contribution in [0, 0.1) is 5.92 Å². The summed E-state index contributed by atoms with van der Waals surface area (Å²) in [5.74, 6) is 0.426. The molecule has 2 aliphatic heterocycles. The van der Waals surface area contributed by atoms with E-state index in [2.05, 4.69) is 21.9 Å². The first-order valence-corrected chi connectivity index (χ1v) is 5.99. The molecular weight excluding hydrogens is 228 g/mol. The van der Waals surface area contributed by atoms with Crippen LogP contribution in [0.4, 0.5) is 0 Å². The molecule has 1 saturated carbocycles. The van der Waals surface area contributed by atoms with Gasteiger partial charge in [-0.3, -0.25) is 4.79 Å². The number of amides is 1. The molecule has 0 radical (unpaired) electrons. The molecule has 3 fully saturated rings. The highest BCUT2D eigenvalue weighted by Gasteiger charge is 2.57. The molecule has 5 rings (SSSR count). The van der Waals surface area contributed by atoms with Gasteiger partial charge in [0.15, 0.2) is 5.65 Å². The smallest absolute Gasteiger partial charge is 0.250 e. The van der Waals surface area contributed by atoms with Gasteiger partial charge >= 0.3 is 0 Å². The summed E-state index contributed by atoms with van der Waals surface area (Å²) in [5, 5.41) is 2.87. The SMILES string of the molecule is C=C1NC(=O)C2(n3cnc4ncccc43)CC1C2. The fraction of sp³-hybridized carbons (Fsp3) is 0.308. The van der Waals surface area contributed by atoms with Crippen molar-refractivity contribution in [1.82, 2.24) is 19.9 Å². The van der Waals surface area contributed by atoms with Gasteiger partial charge in [0.05, 0.1) is 11.8 Å². The second-order valence-corrected chi connectivity index (χ2v) is 5.08. The average molecular weight is 240 g/mol. The van der Waals surface area contributed by atoms with Gasteiger partial charge in [0.1, 0.15) is 5.54 Å². The van der Waals surface area contributed by atoms with Crippen molar-refractivity contribution in [3.05, 3.63) is 36.9 Å². The number of piperidine rings is 2. The zero-order valence-corrected chi connectivity index (χ0v) is 9.76. The zero-order chi connectivity index (χ0) is 12.3. The molecule has 90 valence electrons. The molecule has 0 spiro atoms. The van der Waals surface area contributed by atoms with Crippen LogP contribution >= 0.6 is 0 Å². The third kappa shape index (κ3) is 0.995. The number of rotatable bonds is 1. The van der Waals surface area contributed by atoms with Gasteiger partial charge in [0, 0.05) is 17.8 Å². The fourth-order valence-corrected chi connectivity index (χ4v) is 3.05. The Kier molecular flexibility index (Phi) is 1.63. The molecule has 4 heterocycles. The van der Waals surface area contributed by atoms with Crippen molar-refractivity contribution in [1.29, 1.82) is 0 Å². The van der Waals surface area contributed by atoms with E-state index >= 15 is 0 Å². The van der Waals surface area contributed by atoms with Gasteiger partial charge in [-0.25, -0.2) is 9.97 Å². The number of hydrogen-bond donors (Lipinski definition) is 1. The van der Waals surface area contributed by atoms with Gasteiger partial charge in [0.25, 0.3) is 0 Å². The summed E-state index contributed by atoms with van der Waals surface area (Å²) in [6, 6.07) is 3.82. The van der Waals surface area contributed by atoms with Crippen LogP contribution < -0.4 is 5.32 Å². The van der Waals surface area contributed by atoms with E-state index in [-0.39, 0.29) is 5.91 Å². The Hall–Kier alpha value is -2.17. The van der Waals surface area contributed by atoms with E-state index in [1.165, 1.54) is 0 Å². The van der Waals surface area contributed by atoms with Crippen LogP contribution in [-0.4, -0.2) is 20.4 Å². The standard InChI is InChI=1S/C13H12N4O/c1-8-9-5-13(6-9,12(18)16-8)17-7-15-11-10(17)3-2-4-14-11/h2-4,7,9H,1,5-6H2,(H,16,18). The van der Waals surface area contributed by atoms with E-state index in [0.29, 0.717) is 11.6 Å². The van der Waals surface area contributed by atoms with Crippen molar-refractivity contribution in [3.8, 4) is 0 Å². The van der Waals surface area contributed by atoms with E-state index in [4.69, 9.17) is 0 Å². The molecule has 1 N–H and O–H groups in total. The Morgan fingerprint density at radius 3 is 3.06 bits per heavy atom. The molecule has 5 nitrogen and oxygen atoms in total. The van der Waals surface area contributed by atoms with Crippen LogP contribution in [0.2, 0.25) is 0 Å². The Labute approximate surface area is 104 Å². The van der Waals surface area contributed by atoms with Crippen LogP contribution in [0.25, 0.3) is 11.2 Å². The number of nitrogens with one attached hydrogen (secondary N) is 1. The molecule has 0 aromatic carbocycles. The maximum atomic E-state index is 12.3. The van der Waals surface area contributed by atoms with Crippen LogP contribution in [0.15, 0.2) is 36.9 Å². The maximum Gasteiger partial charge on any atom is 0.250 e. The van der Waals surface area contributed by atoms with Crippen molar-refractivity contribution in [2.75, 3.05) is 0 Å². The fourth-order valence-electron chi connectivity index (χ4n) is 3.05. The minimum absolute atomic E-state index is 0.0261. The van der Waals surface area contributed by atoms with Crippen molar-refractivity contribution >= 4 is 17.1 Å². The Morgan fingerprint density at radius 1 is 1.44 bits per heavy atom. The van der Waals surface area contributed by atoms with Crippen LogP contribution in [0.5, 0.6) is 0 Å².